The second kappa shape index (κ2) is 7.89. The van der Waals surface area contributed by atoms with E-state index in [4.69, 9.17) is 10.00 Å². The summed E-state index contributed by atoms with van der Waals surface area (Å²) in [6.45, 7) is 1.66. The third-order valence-electron chi connectivity index (χ3n) is 2.80. The van der Waals surface area contributed by atoms with Gasteiger partial charge in [0.2, 0.25) is 5.13 Å². The van der Waals surface area contributed by atoms with E-state index in [9.17, 15) is 4.79 Å². The Morgan fingerprint density at radius 3 is 2.82 bits per heavy atom. The molecule has 8 heteroatoms. The van der Waals surface area contributed by atoms with Crippen LogP contribution < -0.4 is 5.32 Å². The standard InChI is InChI=1S/C14H14N4O2S2/c1-9(20-2)12(19)16-13-17-18-14(22-13)21-8-11-5-3-10(7-15)4-6-11/h3-6,9H,8H2,1-2H3,(H,16,17,19)/t9-/m1/s1. The minimum atomic E-state index is -0.529. The van der Waals surface area contributed by atoms with Gasteiger partial charge in [-0.1, -0.05) is 35.2 Å². The van der Waals surface area contributed by atoms with Crippen molar-refractivity contribution in [2.45, 2.75) is 23.1 Å². The molecule has 0 aliphatic rings. The summed E-state index contributed by atoms with van der Waals surface area (Å²) in [5.41, 5.74) is 1.74. The average molecular weight is 334 g/mol. The summed E-state index contributed by atoms with van der Waals surface area (Å²) in [4.78, 5) is 11.7. The van der Waals surface area contributed by atoms with Crippen molar-refractivity contribution in [2.24, 2.45) is 0 Å². The van der Waals surface area contributed by atoms with Gasteiger partial charge in [0.25, 0.3) is 5.91 Å². The molecule has 1 heterocycles. The molecule has 0 unspecified atom stereocenters. The number of nitrogens with one attached hydrogen (secondary N) is 1. The van der Waals surface area contributed by atoms with E-state index >= 15 is 0 Å². The highest BCUT2D eigenvalue weighted by Crippen LogP contribution is 2.28. The quantitative estimate of drug-likeness (QED) is 0.645. The number of carbonyl (C=O) groups excluding carboxylic acids is 1. The van der Waals surface area contributed by atoms with Crippen LogP contribution in [0.3, 0.4) is 0 Å². The largest absolute Gasteiger partial charge is 0.372 e. The number of thioether (sulfide) groups is 1. The molecule has 22 heavy (non-hydrogen) atoms. The van der Waals surface area contributed by atoms with Crippen molar-refractivity contribution in [1.29, 1.82) is 5.26 Å². The van der Waals surface area contributed by atoms with Crippen molar-refractivity contribution in [2.75, 3.05) is 12.4 Å². The molecule has 2 aromatic rings. The van der Waals surface area contributed by atoms with Gasteiger partial charge < -0.3 is 4.74 Å². The van der Waals surface area contributed by atoms with E-state index in [1.165, 1.54) is 30.2 Å². The zero-order valence-electron chi connectivity index (χ0n) is 12.1. The van der Waals surface area contributed by atoms with Crippen molar-refractivity contribution in [3.05, 3.63) is 35.4 Å². The molecule has 2 rings (SSSR count). The lowest BCUT2D eigenvalue weighted by Gasteiger charge is -2.06. The fourth-order valence-corrected chi connectivity index (χ4v) is 3.16. The van der Waals surface area contributed by atoms with Gasteiger partial charge in [0, 0.05) is 12.9 Å². The number of benzene rings is 1. The summed E-state index contributed by atoms with van der Waals surface area (Å²) in [6, 6.07) is 9.48. The number of aromatic nitrogens is 2. The maximum Gasteiger partial charge on any atom is 0.255 e. The smallest absolute Gasteiger partial charge is 0.255 e. The lowest BCUT2D eigenvalue weighted by Crippen LogP contribution is -2.26. The first-order chi connectivity index (χ1) is 10.6. The zero-order valence-corrected chi connectivity index (χ0v) is 13.7. The van der Waals surface area contributed by atoms with Crippen LogP contribution >= 0.6 is 23.1 Å². The van der Waals surface area contributed by atoms with Crippen LogP contribution in [0.2, 0.25) is 0 Å². The number of nitriles is 1. The van der Waals surface area contributed by atoms with E-state index in [0.717, 1.165) is 15.7 Å². The van der Waals surface area contributed by atoms with Crippen molar-refractivity contribution in [3.63, 3.8) is 0 Å². The number of nitrogens with zero attached hydrogens (tertiary/aromatic N) is 3. The molecule has 0 saturated heterocycles. The van der Waals surface area contributed by atoms with E-state index in [0.29, 0.717) is 10.7 Å². The summed E-state index contributed by atoms with van der Waals surface area (Å²) in [5, 5.41) is 19.8. The first-order valence-electron chi connectivity index (χ1n) is 6.41. The molecule has 0 spiro atoms. The summed E-state index contributed by atoms with van der Waals surface area (Å²) in [7, 11) is 1.48. The molecular weight excluding hydrogens is 320 g/mol. The molecule has 0 fully saturated rings. The fraction of sp³-hybridized carbons (Fsp3) is 0.286. The maximum atomic E-state index is 11.7. The fourth-order valence-electron chi connectivity index (χ4n) is 1.45. The van der Waals surface area contributed by atoms with E-state index < -0.39 is 6.10 Å². The molecule has 0 saturated carbocycles. The zero-order chi connectivity index (χ0) is 15.9. The van der Waals surface area contributed by atoms with Gasteiger partial charge in [-0.25, -0.2) is 0 Å². The van der Waals surface area contributed by atoms with Crippen molar-refractivity contribution < 1.29 is 9.53 Å². The molecular formula is C14H14N4O2S2. The van der Waals surface area contributed by atoms with E-state index in [1.54, 1.807) is 19.1 Å². The van der Waals surface area contributed by atoms with Gasteiger partial charge in [-0.3, -0.25) is 10.1 Å². The molecule has 1 aromatic heterocycles. The number of ether oxygens (including phenoxy) is 1. The van der Waals surface area contributed by atoms with Gasteiger partial charge >= 0.3 is 0 Å². The minimum absolute atomic E-state index is 0.248. The third-order valence-corrected chi connectivity index (χ3v) is 4.85. The van der Waals surface area contributed by atoms with Crippen LogP contribution in [0, 0.1) is 11.3 Å². The van der Waals surface area contributed by atoms with Gasteiger partial charge in [-0.2, -0.15) is 5.26 Å². The normalized spacial score (nSPS) is 11.7. The molecule has 0 aliphatic carbocycles. The molecule has 0 radical (unpaired) electrons. The van der Waals surface area contributed by atoms with Crippen molar-refractivity contribution in [3.8, 4) is 6.07 Å². The first kappa shape index (κ1) is 16.4. The molecule has 1 amide bonds. The first-order valence-corrected chi connectivity index (χ1v) is 8.21. The number of rotatable bonds is 6. The van der Waals surface area contributed by atoms with Crippen LogP contribution in [0.15, 0.2) is 28.6 Å². The minimum Gasteiger partial charge on any atom is -0.372 e. The molecule has 1 N–H and O–H groups in total. The topological polar surface area (TPSA) is 87.9 Å². The predicted molar refractivity (Wildman–Crippen MR) is 85.7 cm³/mol. The SMILES string of the molecule is CO[C@H](C)C(=O)Nc1nnc(SCc2ccc(C#N)cc2)s1. The Labute approximate surface area is 136 Å². The van der Waals surface area contributed by atoms with Crippen molar-refractivity contribution in [1.82, 2.24) is 10.2 Å². The second-order valence-electron chi connectivity index (χ2n) is 4.34. The predicted octanol–water partition coefficient (Wildman–Crippen LogP) is 2.68. The Bertz CT molecular complexity index is 679. The second-order valence-corrected chi connectivity index (χ2v) is 6.54. The van der Waals surface area contributed by atoms with Gasteiger partial charge in [-0.05, 0) is 24.6 Å². The van der Waals surface area contributed by atoms with Crippen LogP contribution in [-0.4, -0.2) is 29.3 Å². The molecule has 0 aliphatic heterocycles. The van der Waals surface area contributed by atoms with E-state index in [1.807, 2.05) is 12.1 Å². The Hall–Kier alpha value is -1.95. The number of carbonyl (C=O) groups is 1. The van der Waals surface area contributed by atoms with Crippen molar-refractivity contribution >= 4 is 34.1 Å². The number of hydrogen-bond acceptors (Lipinski definition) is 7. The number of methoxy groups -OCH3 is 1. The summed E-state index contributed by atoms with van der Waals surface area (Å²) >= 11 is 2.85. The lowest BCUT2D eigenvalue weighted by atomic mass is 10.2. The average Bonchev–Trinajstić information content (AvgIpc) is 3.00. The number of hydrogen-bond donors (Lipinski definition) is 1. The molecule has 6 nitrogen and oxygen atoms in total. The van der Waals surface area contributed by atoms with Gasteiger partial charge in [0.1, 0.15) is 6.10 Å². The van der Waals surface area contributed by atoms with E-state index in [2.05, 4.69) is 21.6 Å². The highest BCUT2D eigenvalue weighted by atomic mass is 32.2. The maximum absolute atomic E-state index is 11.7. The van der Waals surface area contributed by atoms with Gasteiger partial charge in [0.05, 0.1) is 11.6 Å². The number of anilines is 1. The molecule has 1 atom stereocenters. The highest BCUT2D eigenvalue weighted by molar-refractivity contribution is 8.00. The Morgan fingerprint density at radius 2 is 2.18 bits per heavy atom. The third kappa shape index (κ3) is 4.53. The van der Waals surface area contributed by atoms with Crippen LogP contribution in [0.25, 0.3) is 0 Å². The summed E-state index contributed by atoms with van der Waals surface area (Å²) in [6.07, 6.45) is -0.529. The molecule has 1 aromatic carbocycles. The number of amides is 1. The highest BCUT2D eigenvalue weighted by Gasteiger charge is 2.14. The monoisotopic (exact) mass is 334 g/mol. The van der Waals surface area contributed by atoms with Gasteiger partial charge in [-0.15, -0.1) is 10.2 Å². The van der Waals surface area contributed by atoms with Gasteiger partial charge in [0.15, 0.2) is 4.34 Å². The Morgan fingerprint density at radius 1 is 1.45 bits per heavy atom. The molecule has 114 valence electrons. The Kier molecular flexibility index (Phi) is 5.89. The van der Waals surface area contributed by atoms with Crippen LogP contribution in [0.1, 0.15) is 18.1 Å². The Balaban J connectivity index is 1.89. The summed E-state index contributed by atoms with van der Waals surface area (Å²) in [5.74, 6) is 0.477. The van der Waals surface area contributed by atoms with E-state index in [-0.39, 0.29) is 5.91 Å². The van der Waals surface area contributed by atoms with Crippen LogP contribution in [0.4, 0.5) is 5.13 Å². The molecule has 0 bridgehead atoms. The van der Waals surface area contributed by atoms with Crippen LogP contribution in [0.5, 0.6) is 0 Å². The van der Waals surface area contributed by atoms with Crippen LogP contribution in [-0.2, 0) is 15.3 Å². The lowest BCUT2D eigenvalue weighted by molar-refractivity contribution is -0.124. The summed E-state index contributed by atoms with van der Waals surface area (Å²) < 4.78 is 5.70.